The van der Waals surface area contributed by atoms with Crippen LogP contribution in [0.1, 0.15) is 37.5 Å². The topological polar surface area (TPSA) is 3.24 Å². The molecule has 0 spiro atoms. The minimum absolute atomic E-state index is 0.283. The molecule has 76 valence electrons. The predicted molar refractivity (Wildman–Crippen MR) is 60.2 cm³/mol. The van der Waals surface area contributed by atoms with Crippen molar-refractivity contribution in [2.45, 2.75) is 46.3 Å². The number of hydrogen-bond acceptors (Lipinski definition) is 1. The van der Waals surface area contributed by atoms with Crippen LogP contribution in [0, 0.1) is 6.92 Å². The van der Waals surface area contributed by atoms with Crippen molar-refractivity contribution in [3.8, 4) is 0 Å². The molecule has 0 atom stereocenters. The van der Waals surface area contributed by atoms with E-state index in [9.17, 15) is 0 Å². The van der Waals surface area contributed by atoms with Crippen LogP contribution < -0.4 is 0 Å². The van der Waals surface area contributed by atoms with Gasteiger partial charge >= 0.3 is 0 Å². The van der Waals surface area contributed by atoms with Gasteiger partial charge in [-0.25, -0.2) is 0 Å². The molecule has 0 aliphatic carbocycles. The van der Waals surface area contributed by atoms with E-state index in [1.165, 1.54) is 11.1 Å². The average molecular weight is 189 g/mol. The monoisotopic (exact) mass is 189 g/mol. The van der Waals surface area contributed by atoms with E-state index in [4.69, 9.17) is 0 Å². The summed E-state index contributed by atoms with van der Waals surface area (Å²) in [6, 6.07) is 6.64. The fourth-order valence-corrected chi connectivity index (χ4v) is 2.06. The Bertz CT molecular complexity index is 347. The van der Waals surface area contributed by atoms with Crippen LogP contribution in [0.5, 0.6) is 0 Å². The minimum Gasteiger partial charge on any atom is -0.290 e. The lowest BCUT2D eigenvalue weighted by molar-refractivity contribution is 0.136. The maximum absolute atomic E-state index is 2.53. The molecule has 0 N–H and O–H groups in total. The van der Waals surface area contributed by atoms with Gasteiger partial charge in [0.05, 0.1) is 0 Å². The molecule has 1 aromatic rings. The van der Waals surface area contributed by atoms with E-state index >= 15 is 0 Å². The largest absolute Gasteiger partial charge is 0.290 e. The van der Waals surface area contributed by atoms with Crippen molar-refractivity contribution in [3.63, 3.8) is 0 Å². The highest BCUT2D eigenvalue weighted by Gasteiger charge is 2.28. The lowest BCUT2D eigenvalue weighted by Crippen LogP contribution is -2.36. The smallest absolute Gasteiger partial charge is 0.0248 e. The summed E-state index contributed by atoms with van der Waals surface area (Å²) in [4.78, 5) is 2.53. The zero-order valence-electron chi connectivity index (χ0n) is 9.59. The summed E-state index contributed by atoms with van der Waals surface area (Å²) in [6.45, 7) is 11.3. The van der Waals surface area contributed by atoms with E-state index in [1.54, 1.807) is 5.56 Å². The zero-order valence-corrected chi connectivity index (χ0v) is 9.59. The highest BCUT2D eigenvalue weighted by molar-refractivity contribution is 5.37. The zero-order chi connectivity index (χ0) is 10.3. The van der Waals surface area contributed by atoms with Gasteiger partial charge in [-0.15, -0.1) is 0 Å². The third kappa shape index (κ3) is 1.57. The minimum atomic E-state index is 0.283. The van der Waals surface area contributed by atoms with Crippen LogP contribution in [0.15, 0.2) is 18.2 Å². The Morgan fingerprint density at radius 3 is 2.43 bits per heavy atom. The molecule has 1 aromatic carbocycles. The molecule has 1 heterocycles. The van der Waals surface area contributed by atoms with Crippen LogP contribution in [0.3, 0.4) is 0 Å². The summed E-state index contributed by atoms with van der Waals surface area (Å²) in [5, 5.41) is 0. The Morgan fingerprint density at radius 1 is 1.14 bits per heavy atom. The highest BCUT2D eigenvalue weighted by Crippen LogP contribution is 2.30. The van der Waals surface area contributed by atoms with Gasteiger partial charge in [-0.2, -0.15) is 0 Å². The third-order valence-corrected chi connectivity index (χ3v) is 3.17. The number of fused-ring (bicyclic) bond motifs is 1. The SMILES string of the molecule is Cc1cccc2c1CN(C(C)(C)C)C2. The van der Waals surface area contributed by atoms with Crippen molar-refractivity contribution in [2.24, 2.45) is 0 Å². The summed E-state index contributed by atoms with van der Waals surface area (Å²) in [7, 11) is 0. The molecule has 0 saturated heterocycles. The normalized spacial score (nSPS) is 17.1. The number of hydrogen-bond donors (Lipinski definition) is 0. The third-order valence-electron chi connectivity index (χ3n) is 3.17. The van der Waals surface area contributed by atoms with Crippen molar-refractivity contribution < 1.29 is 0 Å². The second-order valence-electron chi connectivity index (χ2n) is 5.24. The fraction of sp³-hybridized carbons (Fsp3) is 0.538. The van der Waals surface area contributed by atoms with E-state index in [0.717, 1.165) is 13.1 Å². The van der Waals surface area contributed by atoms with E-state index in [1.807, 2.05) is 0 Å². The first-order valence-electron chi connectivity index (χ1n) is 5.31. The summed E-state index contributed by atoms with van der Waals surface area (Å²) in [5.74, 6) is 0. The molecule has 0 bridgehead atoms. The number of nitrogens with zero attached hydrogens (tertiary/aromatic N) is 1. The molecule has 2 rings (SSSR count). The average Bonchev–Trinajstić information content (AvgIpc) is 2.48. The van der Waals surface area contributed by atoms with Crippen LogP contribution in [0.4, 0.5) is 0 Å². The van der Waals surface area contributed by atoms with Gasteiger partial charge in [0.15, 0.2) is 0 Å². The van der Waals surface area contributed by atoms with Gasteiger partial charge < -0.3 is 0 Å². The van der Waals surface area contributed by atoms with Gasteiger partial charge in [0, 0.05) is 18.6 Å². The summed E-state index contributed by atoms with van der Waals surface area (Å²) in [5.41, 5.74) is 4.78. The van der Waals surface area contributed by atoms with E-state index < -0.39 is 0 Å². The van der Waals surface area contributed by atoms with Crippen molar-refractivity contribution in [3.05, 3.63) is 34.9 Å². The lowest BCUT2D eigenvalue weighted by Gasteiger charge is -2.31. The van der Waals surface area contributed by atoms with Gasteiger partial charge in [-0.1, -0.05) is 18.2 Å². The van der Waals surface area contributed by atoms with Gasteiger partial charge in [0.1, 0.15) is 0 Å². The summed E-state index contributed by atoms with van der Waals surface area (Å²) < 4.78 is 0. The fourth-order valence-electron chi connectivity index (χ4n) is 2.06. The van der Waals surface area contributed by atoms with Crippen LogP contribution in [0.25, 0.3) is 0 Å². The quantitative estimate of drug-likeness (QED) is 0.606. The molecule has 1 aliphatic rings. The van der Waals surface area contributed by atoms with Crippen molar-refractivity contribution in [1.82, 2.24) is 4.90 Å². The lowest BCUT2D eigenvalue weighted by atomic mass is 10.1. The molecule has 14 heavy (non-hydrogen) atoms. The van der Waals surface area contributed by atoms with Crippen LogP contribution >= 0.6 is 0 Å². The molecular weight excluding hydrogens is 170 g/mol. The Morgan fingerprint density at radius 2 is 1.86 bits per heavy atom. The molecule has 0 unspecified atom stereocenters. The first kappa shape index (κ1) is 9.72. The number of benzene rings is 1. The van der Waals surface area contributed by atoms with E-state index in [2.05, 4.69) is 50.8 Å². The van der Waals surface area contributed by atoms with Gasteiger partial charge in [-0.05, 0) is 44.4 Å². The molecule has 1 aliphatic heterocycles. The van der Waals surface area contributed by atoms with Crippen LogP contribution in [-0.4, -0.2) is 10.4 Å². The Labute approximate surface area is 86.7 Å². The second-order valence-corrected chi connectivity index (χ2v) is 5.24. The Kier molecular flexibility index (Phi) is 2.15. The van der Waals surface area contributed by atoms with Crippen LogP contribution in [-0.2, 0) is 13.1 Å². The maximum Gasteiger partial charge on any atom is 0.0248 e. The van der Waals surface area contributed by atoms with E-state index in [-0.39, 0.29) is 5.54 Å². The van der Waals surface area contributed by atoms with Crippen molar-refractivity contribution >= 4 is 0 Å². The van der Waals surface area contributed by atoms with Crippen molar-refractivity contribution in [1.29, 1.82) is 0 Å². The van der Waals surface area contributed by atoms with E-state index in [0.29, 0.717) is 0 Å². The second kappa shape index (κ2) is 3.09. The van der Waals surface area contributed by atoms with Gasteiger partial charge in [0.2, 0.25) is 0 Å². The van der Waals surface area contributed by atoms with Crippen LogP contribution in [0.2, 0.25) is 0 Å². The molecule has 0 amide bonds. The molecule has 0 saturated carbocycles. The molecule has 0 aromatic heterocycles. The molecular formula is C13H19N. The molecule has 1 nitrogen and oxygen atoms in total. The maximum atomic E-state index is 2.53. The Hall–Kier alpha value is -0.820. The standard InChI is InChI=1S/C13H19N/c1-10-6-5-7-11-8-14(9-12(10)11)13(2,3)4/h5-7H,8-9H2,1-4H3. The molecule has 1 heteroatoms. The first-order chi connectivity index (χ1) is 6.48. The Balaban J connectivity index is 2.31. The number of aryl methyl sites for hydroxylation is 1. The van der Waals surface area contributed by atoms with Gasteiger partial charge in [0.25, 0.3) is 0 Å². The predicted octanol–water partition coefficient (Wildman–Crippen LogP) is 3.11. The van der Waals surface area contributed by atoms with Gasteiger partial charge in [-0.3, -0.25) is 4.90 Å². The first-order valence-corrected chi connectivity index (χ1v) is 5.31. The van der Waals surface area contributed by atoms with Crippen molar-refractivity contribution in [2.75, 3.05) is 0 Å². The summed E-state index contributed by atoms with van der Waals surface area (Å²) >= 11 is 0. The highest BCUT2D eigenvalue weighted by atomic mass is 15.2. The molecule has 0 radical (unpaired) electrons. The summed E-state index contributed by atoms with van der Waals surface area (Å²) in [6.07, 6.45) is 0. The number of rotatable bonds is 0. The molecule has 0 fully saturated rings.